The quantitative estimate of drug-likeness (QED) is 0.721. The zero-order valence-corrected chi connectivity index (χ0v) is 14.9. The summed E-state index contributed by atoms with van der Waals surface area (Å²) < 4.78 is 17.2. The summed E-state index contributed by atoms with van der Waals surface area (Å²) in [5, 5.41) is 8.98. The van der Waals surface area contributed by atoms with E-state index in [1.54, 1.807) is 12.1 Å². The van der Waals surface area contributed by atoms with Crippen molar-refractivity contribution in [3.8, 4) is 11.3 Å². The lowest BCUT2D eigenvalue weighted by atomic mass is 9.78. The van der Waals surface area contributed by atoms with Crippen LogP contribution in [0.2, 0.25) is 0 Å². The minimum Gasteiger partial charge on any atom is -0.325 e. The maximum atomic E-state index is 13.3. The SMILES string of the molecule is O=C(Nc1ccc(-c2csnn2)cc1)C1(c2ccc(F)cc2)CCCC1. The molecular weight excluding hydrogens is 349 g/mol. The molecule has 1 amide bonds. The highest BCUT2D eigenvalue weighted by Gasteiger charge is 2.42. The third-order valence-corrected chi connectivity index (χ3v) is 5.59. The molecule has 1 saturated carbocycles. The van der Waals surface area contributed by atoms with Gasteiger partial charge in [0.15, 0.2) is 0 Å². The number of nitrogens with one attached hydrogen (secondary N) is 1. The number of aromatic nitrogens is 2. The number of benzene rings is 2. The summed E-state index contributed by atoms with van der Waals surface area (Å²) in [6, 6.07) is 13.9. The molecule has 132 valence electrons. The normalized spacial score (nSPS) is 15.7. The number of amides is 1. The van der Waals surface area contributed by atoms with E-state index in [1.165, 1.54) is 23.7 Å². The van der Waals surface area contributed by atoms with Gasteiger partial charge in [-0.2, -0.15) is 0 Å². The molecule has 0 radical (unpaired) electrons. The molecule has 0 saturated heterocycles. The van der Waals surface area contributed by atoms with Crippen LogP contribution in [0.25, 0.3) is 11.3 Å². The maximum Gasteiger partial charge on any atom is 0.235 e. The Bertz CT molecular complexity index is 886. The van der Waals surface area contributed by atoms with Crippen molar-refractivity contribution in [2.24, 2.45) is 0 Å². The lowest BCUT2D eigenvalue weighted by molar-refractivity contribution is -0.121. The summed E-state index contributed by atoms with van der Waals surface area (Å²) >= 11 is 1.31. The molecule has 1 heterocycles. The molecule has 2 aromatic carbocycles. The highest BCUT2D eigenvalue weighted by molar-refractivity contribution is 7.03. The first-order valence-corrected chi connectivity index (χ1v) is 9.46. The zero-order chi connectivity index (χ0) is 18.0. The predicted octanol–water partition coefficient (Wildman–Crippen LogP) is 4.79. The van der Waals surface area contributed by atoms with Crippen LogP contribution < -0.4 is 5.32 Å². The molecule has 0 bridgehead atoms. The first-order valence-electron chi connectivity index (χ1n) is 8.62. The van der Waals surface area contributed by atoms with Gasteiger partial charge in [0.2, 0.25) is 5.91 Å². The van der Waals surface area contributed by atoms with E-state index < -0.39 is 5.41 Å². The summed E-state index contributed by atoms with van der Waals surface area (Å²) in [4.78, 5) is 13.1. The smallest absolute Gasteiger partial charge is 0.235 e. The van der Waals surface area contributed by atoms with Gasteiger partial charge in [-0.15, -0.1) is 5.10 Å². The summed E-state index contributed by atoms with van der Waals surface area (Å²) in [7, 11) is 0. The summed E-state index contributed by atoms with van der Waals surface area (Å²) in [5.41, 5.74) is 2.84. The first kappa shape index (κ1) is 16.8. The fourth-order valence-electron chi connectivity index (χ4n) is 3.66. The first-order chi connectivity index (χ1) is 12.7. The van der Waals surface area contributed by atoms with Crippen LogP contribution in [0.5, 0.6) is 0 Å². The molecule has 4 rings (SSSR count). The van der Waals surface area contributed by atoms with Crippen molar-refractivity contribution in [2.75, 3.05) is 5.32 Å². The van der Waals surface area contributed by atoms with Crippen LogP contribution in [0.4, 0.5) is 10.1 Å². The van der Waals surface area contributed by atoms with Gasteiger partial charge in [-0.05, 0) is 54.2 Å². The average molecular weight is 367 g/mol. The predicted molar refractivity (Wildman–Crippen MR) is 101 cm³/mol. The molecule has 0 spiro atoms. The molecule has 1 aromatic heterocycles. The largest absolute Gasteiger partial charge is 0.325 e. The Labute approximate surface area is 155 Å². The van der Waals surface area contributed by atoms with Gasteiger partial charge in [-0.3, -0.25) is 4.79 Å². The highest BCUT2D eigenvalue weighted by atomic mass is 32.1. The number of hydrogen-bond acceptors (Lipinski definition) is 4. The molecule has 4 nitrogen and oxygen atoms in total. The molecule has 3 aromatic rings. The van der Waals surface area contributed by atoms with Gasteiger partial charge in [0, 0.05) is 16.6 Å². The number of rotatable bonds is 4. The van der Waals surface area contributed by atoms with Crippen LogP contribution in [-0.2, 0) is 10.2 Å². The van der Waals surface area contributed by atoms with E-state index in [-0.39, 0.29) is 11.7 Å². The third-order valence-electron chi connectivity index (χ3n) is 5.09. The van der Waals surface area contributed by atoms with E-state index in [9.17, 15) is 9.18 Å². The maximum absolute atomic E-state index is 13.3. The van der Waals surface area contributed by atoms with E-state index in [4.69, 9.17) is 0 Å². The van der Waals surface area contributed by atoms with Crippen molar-refractivity contribution < 1.29 is 9.18 Å². The van der Waals surface area contributed by atoms with Crippen molar-refractivity contribution in [1.29, 1.82) is 0 Å². The molecule has 0 unspecified atom stereocenters. The molecule has 1 aliphatic carbocycles. The van der Waals surface area contributed by atoms with Crippen LogP contribution in [0.1, 0.15) is 31.2 Å². The fraction of sp³-hybridized carbons (Fsp3) is 0.250. The minimum atomic E-state index is -0.578. The lowest BCUT2D eigenvalue weighted by Gasteiger charge is -2.28. The standard InChI is InChI=1S/C20H18FN3OS/c21-16-7-5-15(6-8-16)20(11-1-2-12-20)19(25)22-17-9-3-14(4-10-17)18-13-26-24-23-18/h3-10,13H,1-2,11-12H2,(H,22,25). The molecule has 26 heavy (non-hydrogen) atoms. The van der Waals surface area contributed by atoms with Crippen LogP contribution in [-0.4, -0.2) is 15.5 Å². The van der Waals surface area contributed by atoms with Gasteiger partial charge in [-0.1, -0.05) is 41.6 Å². The van der Waals surface area contributed by atoms with E-state index in [0.717, 1.165) is 48.2 Å². The van der Waals surface area contributed by atoms with Gasteiger partial charge in [0.1, 0.15) is 11.5 Å². The number of hydrogen-bond donors (Lipinski definition) is 1. The number of carbonyl (C=O) groups is 1. The van der Waals surface area contributed by atoms with Crippen molar-refractivity contribution in [3.63, 3.8) is 0 Å². The lowest BCUT2D eigenvalue weighted by Crippen LogP contribution is -2.38. The Hall–Kier alpha value is -2.60. The van der Waals surface area contributed by atoms with Crippen LogP contribution in [0.15, 0.2) is 53.9 Å². The molecule has 0 atom stereocenters. The molecular formula is C20H18FN3OS. The van der Waals surface area contributed by atoms with Gasteiger partial charge < -0.3 is 5.32 Å². The second-order valence-electron chi connectivity index (χ2n) is 6.62. The number of halogens is 1. The Morgan fingerprint density at radius 2 is 1.73 bits per heavy atom. The molecule has 0 aliphatic heterocycles. The zero-order valence-electron chi connectivity index (χ0n) is 14.1. The molecule has 6 heteroatoms. The minimum absolute atomic E-state index is 0.0234. The summed E-state index contributed by atoms with van der Waals surface area (Å²) in [6.45, 7) is 0. The highest BCUT2D eigenvalue weighted by Crippen LogP contribution is 2.42. The van der Waals surface area contributed by atoms with Crippen LogP contribution in [0.3, 0.4) is 0 Å². The second-order valence-corrected chi connectivity index (χ2v) is 7.23. The Morgan fingerprint density at radius 3 is 2.35 bits per heavy atom. The van der Waals surface area contributed by atoms with Crippen LogP contribution >= 0.6 is 11.5 Å². The summed E-state index contributed by atoms with van der Waals surface area (Å²) in [6.07, 6.45) is 3.57. The second kappa shape index (κ2) is 6.96. The molecule has 1 aliphatic rings. The van der Waals surface area contributed by atoms with Gasteiger partial charge >= 0.3 is 0 Å². The van der Waals surface area contributed by atoms with Crippen molar-refractivity contribution in [1.82, 2.24) is 9.59 Å². The number of anilines is 1. The molecule has 1 N–H and O–H groups in total. The fourth-order valence-corrected chi connectivity index (χ4v) is 4.13. The Kier molecular flexibility index (Phi) is 4.51. The van der Waals surface area contributed by atoms with Gasteiger partial charge in [0.05, 0.1) is 5.41 Å². The molecule has 1 fully saturated rings. The van der Waals surface area contributed by atoms with Gasteiger partial charge in [-0.25, -0.2) is 4.39 Å². The van der Waals surface area contributed by atoms with Crippen LogP contribution in [0, 0.1) is 5.82 Å². The topological polar surface area (TPSA) is 54.9 Å². The number of nitrogens with zero attached hydrogens (tertiary/aromatic N) is 2. The third kappa shape index (κ3) is 3.12. The van der Waals surface area contributed by atoms with Crippen molar-refractivity contribution in [3.05, 3.63) is 65.3 Å². The average Bonchev–Trinajstić information content (AvgIpc) is 3.36. The monoisotopic (exact) mass is 367 g/mol. The van der Waals surface area contributed by atoms with Crippen molar-refractivity contribution in [2.45, 2.75) is 31.1 Å². The summed E-state index contributed by atoms with van der Waals surface area (Å²) in [5.74, 6) is -0.306. The van der Waals surface area contributed by atoms with E-state index in [1.807, 2.05) is 29.6 Å². The van der Waals surface area contributed by atoms with E-state index >= 15 is 0 Å². The van der Waals surface area contributed by atoms with Crippen molar-refractivity contribution >= 4 is 23.1 Å². The van der Waals surface area contributed by atoms with E-state index in [0.29, 0.717) is 0 Å². The van der Waals surface area contributed by atoms with Gasteiger partial charge in [0.25, 0.3) is 0 Å². The number of carbonyl (C=O) groups excluding carboxylic acids is 1. The van der Waals surface area contributed by atoms with E-state index in [2.05, 4.69) is 14.9 Å². The Morgan fingerprint density at radius 1 is 1.04 bits per heavy atom. The Balaban J connectivity index is 1.56.